The average molecular weight is 348 g/mol. The molecule has 0 saturated carbocycles. The Kier molecular flexibility index (Phi) is 4.79. The first-order valence-electron chi connectivity index (χ1n) is 7.69. The van der Waals surface area contributed by atoms with E-state index in [1.807, 2.05) is 26.1 Å². The monoisotopic (exact) mass is 348 g/mol. The summed E-state index contributed by atoms with van der Waals surface area (Å²) in [5.41, 5.74) is 2.51. The zero-order chi connectivity index (χ0) is 17.2. The van der Waals surface area contributed by atoms with Crippen LogP contribution in [0.2, 0.25) is 0 Å². The third kappa shape index (κ3) is 3.40. The third-order valence-corrected chi connectivity index (χ3v) is 5.74. The molecule has 1 aliphatic heterocycles. The predicted molar refractivity (Wildman–Crippen MR) is 90.2 cm³/mol. The van der Waals surface area contributed by atoms with Gasteiger partial charge in [0.05, 0.1) is 12.3 Å². The van der Waals surface area contributed by atoms with Crippen LogP contribution in [-0.2, 0) is 14.8 Å². The highest BCUT2D eigenvalue weighted by molar-refractivity contribution is 7.89. The summed E-state index contributed by atoms with van der Waals surface area (Å²) in [5.74, 6) is 0. The molecular weight excluding hydrogens is 328 g/mol. The molecule has 7 nitrogen and oxygen atoms in total. The van der Waals surface area contributed by atoms with Crippen LogP contribution in [0.4, 0.5) is 5.69 Å². The van der Waals surface area contributed by atoms with Gasteiger partial charge in [-0.15, -0.1) is 0 Å². The number of aromatic nitrogens is 2. The van der Waals surface area contributed by atoms with Gasteiger partial charge in [-0.25, -0.2) is 8.42 Å². The first-order chi connectivity index (χ1) is 11.5. The Morgan fingerprint density at radius 2 is 2.21 bits per heavy atom. The summed E-state index contributed by atoms with van der Waals surface area (Å²) >= 11 is 0. The number of anilines is 1. The Hall–Kier alpha value is -2.03. The van der Waals surface area contributed by atoms with E-state index in [9.17, 15) is 8.42 Å². The van der Waals surface area contributed by atoms with Crippen molar-refractivity contribution in [3.8, 4) is 0 Å². The second-order valence-electron chi connectivity index (χ2n) is 5.58. The van der Waals surface area contributed by atoms with E-state index in [4.69, 9.17) is 4.74 Å². The summed E-state index contributed by atoms with van der Waals surface area (Å²) in [6.07, 6.45) is 2.53. The van der Waals surface area contributed by atoms with Gasteiger partial charge in [0.25, 0.3) is 0 Å². The van der Waals surface area contributed by atoms with Gasteiger partial charge in [0, 0.05) is 43.9 Å². The van der Waals surface area contributed by atoms with Crippen LogP contribution in [0, 0.1) is 6.92 Å². The van der Waals surface area contributed by atoms with E-state index < -0.39 is 16.1 Å². The SMILES string of the molecule is CNc1cc(C)nc(C2CN(S(=O)(=O)c3cccnc3)CCO2)c1. The second-order valence-corrected chi connectivity index (χ2v) is 7.52. The van der Waals surface area contributed by atoms with Gasteiger partial charge in [0.1, 0.15) is 11.0 Å². The molecule has 0 bridgehead atoms. The number of nitrogens with zero attached hydrogens (tertiary/aromatic N) is 3. The molecule has 128 valence electrons. The Morgan fingerprint density at radius 1 is 1.38 bits per heavy atom. The minimum Gasteiger partial charge on any atom is -0.388 e. The maximum atomic E-state index is 12.8. The molecule has 0 radical (unpaired) electrons. The fourth-order valence-corrected chi connectivity index (χ4v) is 4.06. The fourth-order valence-electron chi connectivity index (χ4n) is 2.68. The molecule has 0 amide bonds. The molecule has 2 aromatic heterocycles. The van der Waals surface area contributed by atoms with Gasteiger partial charge in [-0.1, -0.05) is 0 Å². The molecule has 0 aliphatic carbocycles. The van der Waals surface area contributed by atoms with Gasteiger partial charge in [-0.3, -0.25) is 9.97 Å². The van der Waals surface area contributed by atoms with Crippen LogP contribution in [-0.4, -0.2) is 49.4 Å². The topological polar surface area (TPSA) is 84.4 Å². The highest BCUT2D eigenvalue weighted by Gasteiger charge is 2.32. The molecule has 1 fully saturated rings. The van der Waals surface area contributed by atoms with Crippen molar-refractivity contribution in [3.05, 3.63) is 48.0 Å². The van der Waals surface area contributed by atoms with E-state index in [-0.39, 0.29) is 11.4 Å². The first-order valence-corrected chi connectivity index (χ1v) is 9.13. The Labute approximate surface area is 141 Å². The molecule has 1 aliphatic rings. The van der Waals surface area contributed by atoms with Gasteiger partial charge in [0.2, 0.25) is 10.0 Å². The Balaban J connectivity index is 1.86. The van der Waals surface area contributed by atoms with Gasteiger partial charge in [-0.05, 0) is 31.2 Å². The largest absolute Gasteiger partial charge is 0.388 e. The number of nitrogens with one attached hydrogen (secondary N) is 1. The molecule has 1 unspecified atom stereocenters. The maximum Gasteiger partial charge on any atom is 0.244 e. The zero-order valence-electron chi connectivity index (χ0n) is 13.6. The quantitative estimate of drug-likeness (QED) is 0.903. The van der Waals surface area contributed by atoms with Crippen LogP contribution in [0.5, 0.6) is 0 Å². The molecule has 1 atom stereocenters. The average Bonchev–Trinajstić information content (AvgIpc) is 2.62. The lowest BCUT2D eigenvalue weighted by molar-refractivity contribution is -0.00497. The van der Waals surface area contributed by atoms with Gasteiger partial charge in [-0.2, -0.15) is 4.31 Å². The van der Waals surface area contributed by atoms with E-state index in [0.29, 0.717) is 13.2 Å². The maximum absolute atomic E-state index is 12.8. The number of ether oxygens (including phenoxy) is 1. The second kappa shape index (κ2) is 6.84. The number of sulfonamides is 1. The summed E-state index contributed by atoms with van der Waals surface area (Å²) in [6.45, 7) is 2.78. The smallest absolute Gasteiger partial charge is 0.244 e. The number of aryl methyl sites for hydroxylation is 1. The van der Waals surface area contributed by atoms with Crippen LogP contribution in [0.25, 0.3) is 0 Å². The summed E-state index contributed by atoms with van der Waals surface area (Å²) in [7, 11) is -1.75. The summed E-state index contributed by atoms with van der Waals surface area (Å²) in [5, 5.41) is 3.08. The first kappa shape index (κ1) is 16.8. The molecule has 3 heterocycles. The van der Waals surface area contributed by atoms with Crippen molar-refractivity contribution in [2.45, 2.75) is 17.9 Å². The lowest BCUT2D eigenvalue weighted by atomic mass is 10.1. The number of hydrogen-bond donors (Lipinski definition) is 1. The molecule has 0 aromatic carbocycles. The Morgan fingerprint density at radius 3 is 2.92 bits per heavy atom. The normalized spacial score (nSPS) is 19.2. The molecule has 0 spiro atoms. The fraction of sp³-hybridized carbons (Fsp3) is 0.375. The van der Waals surface area contributed by atoms with Crippen LogP contribution in [0.15, 0.2) is 41.6 Å². The van der Waals surface area contributed by atoms with Crippen LogP contribution >= 0.6 is 0 Å². The molecule has 3 rings (SSSR count). The molecule has 8 heteroatoms. The minimum absolute atomic E-state index is 0.193. The number of hydrogen-bond acceptors (Lipinski definition) is 6. The van der Waals surface area contributed by atoms with Crippen molar-refractivity contribution in [3.63, 3.8) is 0 Å². The van der Waals surface area contributed by atoms with Gasteiger partial charge in [0.15, 0.2) is 0 Å². The van der Waals surface area contributed by atoms with Crippen LogP contribution < -0.4 is 5.32 Å². The summed E-state index contributed by atoms with van der Waals surface area (Å²) < 4.78 is 32.7. The highest BCUT2D eigenvalue weighted by Crippen LogP contribution is 2.27. The van der Waals surface area contributed by atoms with Crippen molar-refractivity contribution in [1.82, 2.24) is 14.3 Å². The molecule has 2 aromatic rings. The summed E-state index contributed by atoms with van der Waals surface area (Å²) in [6, 6.07) is 6.98. The molecule has 24 heavy (non-hydrogen) atoms. The lowest BCUT2D eigenvalue weighted by Gasteiger charge is -2.32. The standard InChI is InChI=1S/C16H20N4O3S/c1-12-8-13(17-2)9-15(19-12)16-11-20(6-7-23-16)24(21,22)14-4-3-5-18-10-14/h3-5,8-10,16H,6-7,11H2,1-2H3,(H,17,19). The van der Waals surface area contributed by atoms with Crippen molar-refractivity contribution in [2.24, 2.45) is 0 Å². The van der Waals surface area contributed by atoms with E-state index in [2.05, 4.69) is 15.3 Å². The van der Waals surface area contributed by atoms with E-state index in [1.54, 1.807) is 18.3 Å². The lowest BCUT2D eigenvalue weighted by Crippen LogP contribution is -2.42. The van der Waals surface area contributed by atoms with Crippen LogP contribution in [0.3, 0.4) is 0 Å². The van der Waals surface area contributed by atoms with E-state index >= 15 is 0 Å². The van der Waals surface area contributed by atoms with Crippen molar-refractivity contribution < 1.29 is 13.2 Å². The van der Waals surface area contributed by atoms with Crippen molar-refractivity contribution in [1.29, 1.82) is 0 Å². The number of rotatable bonds is 4. The summed E-state index contributed by atoms with van der Waals surface area (Å²) in [4.78, 5) is 8.59. The highest BCUT2D eigenvalue weighted by atomic mass is 32.2. The molecule has 1 saturated heterocycles. The number of morpholine rings is 1. The number of pyridine rings is 2. The molecule has 1 N–H and O–H groups in total. The third-order valence-electron chi connectivity index (χ3n) is 3.89. The van der Waals surface area contributed by atoms with Gasteiger partial charge < -0.3 is 10.1 Å². The van der Waals surface area contributed by atoms with Crippen molar-refractivity contribution >= 4 is 15.7 Å². The predicted octanol–water partition coefficient (Wildman–Crippen LogP) is 1.59. The van der Waals surface area contributed by atoms with Crippen LogP contribution in [0.1, 0.15) is 17.5 Å². The van der Waals surface area contributed by atoms with E-state index in [0.717, 1.165) is 17.1 Å². The minimum atomic E-state index is -3.58. The van der Waals surface area contributed by atoms with Crippen molar-refractivity contribution in [2.75, 3.05) is 32.1 Å². The van der Waals surface area contributed by atoms with E-state index in [1.165, 1.54) is 10.5 Å². The molecular formula is C16H20N4O3S. The zero-order valence-corrected chi connectivity index (χ0v) is 14.5. The van der Waals surface area contributed by atoms with Gasteiger partial charge >= 0.3 is 0 Å². The Bertz CT molecular complexity index is 811.